The van der Waals surface area contributed by atoms with Crippen LogP contribution in [0.5, 0.6) is 0 Å². The summed E-state index contributed by atoms with van der Waals surface area (Å²) in [7, 11) is 6.90. The summed E-state index contributed by atoms with van der Waals surface area (Å²) < 4.78 is 4.96. The Morgan fingerprint density at radius 3 is 2.78 bits per heavy atom. The minimum Gasteiger partial charge on any atom is -0.385 e. The molecule has 94 valence electrons. The molecule has 4 nitrogen and oxygen atoms in total. The molecule has 0 aromatic heterocycles. The van der Waals surface area contributed by atoms with Crippen LogP contribution in [0.1, 0.15) is 29.3 Å². The van der Waals surface area contributed by atoms with Gasteiger partial charge in [-0.25, -0.2) is 0 Å². The van der Waals surface area contributed by atoms with E-state index in [1.54, 1.807) is 32.2 Å². The number of rotatable bonds is 7. The molecule has 1 rings (SSSR count). The van der Waals surface area contributed by atoms with Gasteiger partial charge in [-0.15, -0.1) is 0 Å². The average molecular weight is 244 g/mol. The van der Waals surface area contributed by atoms with Gasteiger partial charge in [0.2, 0.25) is 0 Å². The number of hydrogen-bond donors (Lipinski definition) is 2. The average Bonchev–Trinajstić information content (AvgIpc) is 2.34. The van der Waals surface area contributed by atoms with Crippen LogP contribution in [0.25, 0.3) is 0 Å². The van der Waals surface area contributed by atoms with Crippen molar-refractivity contribution in [3.8, 4) is 0 Å². The fraction of sp³-hybridized carbons (Fsp3) is 0.385. The molecule has 0 aliphatic carbocycles. The molecule has 1 aromatic carbocycles. The first-order valence-electron chi connectivity index (χ1n) is 5.78. The van der Waals surface area contributed by atoms with Gasteiger partial charge in [0.15, 0.2) is 7.85 Å². The smallest absolute Gasteiger partial charge is 0.175 e. The second-order valence-corrected chi connectivity index (χ2v) is 4.02. The predicted molar refractivity (Wildman–Crippen MR) is 74.0 cm³/mol. The van der Waals surface area contributed by atoms with Crippen LogP contribution in [0.4, 0.5) is 5.69 Å². The van der Waals surface area contributed by atoms with Crippen molar-refractivity contribution >= 4 is 24.9 Å². The van der Waals surface area contributed by atoms with Gasteiger partial charge in [-0.05, 0) is 19.4 Å². The van der Waals surface area contributed by atoms with E-state index < -0.39 is 5.68 Å². The van der Waals surface area contributed by atoms with Gasteiger partial charge in [-0.1, -0.05) is 12.1 Å². The minimum atomic E-state index is -0.468. The molecule has 5 heteroatoms. The second-order valence-electron chi connectivity index (χ2n) is 4.02. The first-order chi connectivity index (χ1) is 8.56. The zero-order valence-corrected chi connectivity index (χ0v) is 10.7. The van der Waals surface area contributed by atoms with Crippen LogP contribution in [-0.4, -0.2) is 39.5 Å². The Labute approximate surface area is 109 Å². The highest BCUT2D eigenvalue weighted by atomic mass is 16.5. The molecule has 0 heterocycles. The topological polar surface area (TPSA) is 62.2 Å². The van der Waals surface area contributed by atoms with Gasteiger partial charge in [-0.2, -0.15) is 0 Å². The lowest BCUT2D eigenvalue weighted by molar-refractivity contribution is 0.108. The molecule has 18 heavy (non-hydrogen) atoms. The summed E-state index contributed by atoms with van der Waals surface area (Å²) in [6.07, 6.45) is 0.855. The van der Waals surface area contributed by atoms with Crippen LogP contribution in [0.15, 0.2) is 18.2 Å². The van der Waals surface area contributed by atoms with Gasteiger partial charge in [0.25, 0.3) is 0 Å². The lowest BCUT2D eigenvalue weighted by atomic mass is 9.93. The molecule has 2 N–H and O–H groups in total. The Morgan fingerprint density at radius 1 is 1.50 bits per heavy atom. The first-order valence-corrected chi connectivity index (χ1v) is 5.78. The first kappa shape index (κ1) is 14.4. The number of benzene rings is 1. The van der Waals surface area contributed by atoms with E-state index >= 15 is 0 Å². The molecular weight excluding hydrogens is 227 g/mol. The SMILES string of the molecule is [B]C(=O)c1ccc(C(C)=N)c(NCCCOC)c1. The highest BCUT2D eigenvalue weighted by molar-refractivity contribution is 6.62. The van der Waals surface area contributed by atoms with Crippen LogP contribution in [0.3, 0.4) is 0 Å². The summed E-state index contributed by atoms with van der Waals surface area (Å²) in [5.74, 6) is 0. The van der Waals surface area contributed by atoms with Crippen molar-refractivity contribution in [1.82, 2.24) is 0 Å². The fourth-order valence-electron chi connectivity index (χ4n) is 1.61. The lowest BCUT2D eigenvalue weighted by Gasteiger charge is -2.12. The highest BCUT2D eigenvalue weighted by Crippen LogP contribution is 2.18. The lowest BCUT2D eigenvalue weighted by Crippen LogP contribution is -2.10. The van der Waals surface area contributed by atoms with Crippen LogP contribution >= 0.6 is 0 Å². The molecule has 0 unspecified atom stereocenters. The Morgan fingerprint density at radius 2 is 2.22 bits per heavy atom. The van der Waals surface area contributed by atoms with E-state index in [2.05, 4.69) is 5.32 Å². The van der Waals surface area contributed by atoms with Crippen molar-refractivity contribution in [3.63, 3.8) is 0 Å². The molecule has 1 aromatic rings. The van der Waals surface area contributed by atoms with Crippen molar-refractivity contribution in [2.24, 2.45) is 0 Å². The molecule has 0 fully saturated rings. The molecular formula is C13H17BN2O2. The number of hydrogen-bond acceptors (Lipinski definition) is 4. The Kier molecular flexibility index (Phi) is 5.59. The normalized spacial score (nSPS) is 10.1. The second kappa shape index (κ2) is 6.96. The summed E-state index contributed by atoms with van der Waals surface area (Å²) in [6, 6.07) is 5.06. The molecule has 2 radical (unpaired) electrons. The van der Waals surface area contributed by atoms with E-state index in [0.29, 0.717) is 17.9 Å². The van der Waals surface area contributed by atoms with E-state index in [0.717, 1.165) is 24.2 Å². The van der Waals surface area contributed by atoms with Crippen molar-refractivity contribution < 1.29 is 9.53 Å². The van der Waals surface area contributed by atoms with Crippen molar-refractivity contribution in [3.05, 3.63) is 29.3 Å². The van der Waals surface area contributed by atoms with E-state index in [9.17, 15) is 4.79 Å². The molecule has 0 aliphatic heterocycles. The van der Waals surface area contributed by atoms with Gasteiger partial charge in [0.1, 0.15) is 5.68 Å². The molecule has 0 aliphatic rings. The van der Waals surface area contributed by atoms with Crippen LogP contribution in [0, 0.1) is 5.41 Å². The van der Waals surface area contributed by atoms with Gasteiger partial charge >= 0.3 is 0 Å². The van der Waals surface area contributed by atoms with Gasteiger partial charge in [0.05, 0.1) is 0 Å². The van der Waals surface area contributed by atoms with E-state index in [-0.39, 0.29) is 0 Å². The van der Waals surface area contributed by atoms with Crippen LogP contribution < -0.4 is 5.32 Å². The van der Waals surface area contributed by atoms with Crippen LogP contribution in [0.2, 0.25) is 0 Å². The molecule has 0 spiro atoms. The molecule has 0 saturated heterocycles. The third kappa shape index (κ3) is 4.00. The summed E-state index contributed by atoms with van der Waals surface area (Å²) in [6.45, 7) is 3.09. The number of nitrogens with one attached hydrogen (secondary N) is 2. The van der Waals surface area contributed by atoms with Crippen molar-refractivity contribution in [1.29, 1.82) is 5.41 Å². The van der Waals surface area contributed by atoms with E-state index in [1.807, 2.05) is 0 Å². The standard InChI is InChI=1S/C13H17BN2O2/c1-9(15)11-5-4-10(13(14)17)8-12(11)16-6-3-7-18-2/h4-5,8,15-16H,3,6-7H2,1-2H3. The van der Waals surface area contributed by atoms with Gasteiger partial charge < -0.3 is 20.3 Å². The quantitative estimate of drug-likeness (QED) is 0.437. The highest BCUT2D eigenvalue weighted by Gasteiger charge is 2.07. The van der Waals surface area contributed by atoms with Crippen LogP contribution in [-0.2, 0) is 4.74 Å². The molecule has 0 amide bonds. The summed E-state index contributed by atoms with van der Waals surface area (Å²) in [5.41, 5.74) is 1.95. The third-order valence-electron chi connectivity index (χ3n) is 2.55. The van der Waals surface area contributed by atoms with E-state index in [1.165, 1.54) is 0 Å². The number of carbonyl (C=O) groups excluding carboxylic acids is 1. The maximum Gasteiger partial charge on any atom is 0.175 e. The Bertz CT molecular complexity index is 447. The van der Waals surface area contributed by atoms with Gasteiger partial charge in [0, 0.05) is 42.8 Å². The largest absolute Gasteiger partial charge is 0.385 e. The predicted octanol–water partition coefficient (Wildman–Crippen LogP) is 1.83. The third-order valence-corrected chi connectivity index (χ3v) is 2.55. The zero-order valence-electron chi connectivity index (χ0n) is 10.7. The van der Waals surface area contributed by atoms with Crippen molar-refractivity contribution in [2.75, 3.05) is 25.6 Å². The maximum absolute atomic E-state index is 11.1. The minimum absolute atomic E-state index is 0.439. The maximum atomic E-state index is 11.1. The zero-order chi connectivity index (χ0) is 13.5. The summed E-state index contributed by atoms with van der Waals surface area (Å²) in [5, 5.41) is 10.9. The summed E-state index contributed by atoms with van der Waals surface area (Å²) in [4.78, 5) is 11.1. The number of ether oxygens (including phenoxy) is 1. The summed E-state index contributed by atoms with van der Waals surface area (Å²) >= 11 is 0. The molecule has 0 saturated carbocycles. The van der Waals surface area contributed by atoms with Gasteiger partial charge in [-0.3, -0.25) is 0 Å². The number of anilines is 1. The molecule has 0 bridgehead atoms. The monoisotopic (exact) mass is 244 g/mol. The van der Waals surface area contributed by atoms with Crippen molar-refractivity contribution in [2.45, 2.75) is 13.3 Å². The van der Waals surface area contributed by atoms with E-state index in [4.69, 9.17) is 18.0 Å². The number of carbonyl (C=O) groups is 1. The Hall–Kier alpha value is -1.62. The molecule has 0 atom stereocenters. The fourth-order valence-corrected chi connectivity index (χ4v) is 1.61. The Balaban J connectivity index is 2.86. The number of methoxy groups -OCH3 is 1.